The lowest BCUT2D eigenvalue weighted by atomic mass is 10.2. The van der Waals surface area contributed by atoms with Gasteiger partial charge in [-0.1, -0.05) is 0 Å². The molecule has 3 nitrogen and oxygen atoms in total. The molecule has 0 aliphatic heterocycles. The van der Waals surface area contributed by atoms with E-state index >= 15 is 0 Å². The minimum Gasteiger partial charge on any atom is -0.480 e. The normalized spacial score (nSPS) is 19.3. The molecular weight excluding hydrogens is 138 g/mol. The summed E-state index contributed by atoms with van der Waals surface area (Å²) in [7, 11) is 0. The van der Waals surface area contributed by atoms with Gasteiger partial charge in [-0.3, -0.25) is 4.79 Å². The van der Waals surface area contributed by atoms with Crippen molar-refractivity contribution < 1.29 is 11.3 Å². The third-order valence-corrected chi connectivity index (χ3v) is 1.31. The Bertz CT molecular complexity index is 136. The van der Waals surface area contributed by atoms with Gasteiger partial charge in [0, 0.05) is 1.37 Å². The van der Waals surface area contributed by atoms with Gasteiger partial charge in [0.1, 0.15) is 6.04 Å². The van der Waals surface area contributed by atoms with Crippen molar-refractivity contribution in [1.29, 1.82) is 1.43 Å². The standard InChI is InChI=1S/C5H11NO2S/c1-9-3-2-4(6)5(7)8/h4H,2-3,6H2,1H3,(H,7,8)/t4-/m0/s1/i2D/hD/t2?,4-. The van der Waals surface area contributed by atoms with E-state index in [1.807, 2.05) is 6.26 Å². The van der Waals surface area contributed by atoms with Crippen molar-refractivity contribution in [1.82, 2.24) is 0 Å². The number of carbonyl (C=O) groups is 1. The summed E-state index contributed by atoms with van der Waals surface area (Å²) in [5.41, 5.74) is 5.26. The van der Waals surface area contributed by atoms with E-state index < -0.39 is 18.4 Å². The zero-order chi connectivity index (χ0) is 8.85. The van der Waals surface area contributed by atoms with Crippen LogP contribution in [0.15, 0.2) is 0 Å². The average Bonchev–Trinajstić information content (AvgIpc) is 2.02. The van der Waals surface area contributed by atoms with Crippen molar-refractivity contribution in [3.8, 4) is 0 Å². The molecule has 0 spiro atoms. The Morgan fingerprint density at radius 2 is 2.89 bits per heavy atom. The molecule has 0 aliphatic rings. The van der Waals surface area contributed by atoms with Gasteiger partial charge >= 0.3 is 5.97 Å². The third-order valence-electron chi connectivity index (χ3n) is 0.789. The van der Waals surface area contributed by atoms with E-state index in [4.69, 9.17) is 8.54 Å². The summed E-state index contributed by atoms with van der Waals surface area (Å²) in [5, 5.41) is 3.64. The van der Waals surface area contributed by atoms with Crippen LogP contribution in [-0.2, 0) is 4.79 Å². The molecule has 0 aliphatic carbocycles. The number of carboxylic acids is 1. The monoisotopic (exact) mass is 151 g/mol. The highest BCUT2D eigenvalue weighted by atomic mass is 32.2. The van der Waals surface area contributed by atoms with E-state index in [2.05, 4.69) is 5.11 Å². The van der Waals surface area contributed by atoms with Crippen LogP contribution in [0.4, 0.5) is 0 Å². The van der Waals surface area contributed by atoms with Gasteiger partial charge in [0.2, 0.25) is 0 Å². The van der Waals surface area contributed by atoms with Crippen molar-refractivity contribution in [3.05, 3.63) is 0 Å². The van der Waals surface area contributed by atoms with Gasteiger partial charge < -0.3 is 10.8 Å². The van der Waals surface area contributed by atoms with E-state index in [9.17, 15) is 4.79 Å². The van der Waals surface area contributed by atoms with Crippen molar-refractivity contribution in [2.45, 2.75) is 12.4 Å². The Morgan fingerprint density at radius 1 is 2.22 bits per heavy atom. The van der Waals surface area contributed by atoms with E-state index in [1.165, 1.54) is 11.8 Å². The highest BCUT2D eigenvalue weighted by Crippen LogP contribution is 1.97. The van der Waals surface area contributed by atoms with E-state index in [-0.39, 0.29) is 0 Å². The first-order chi connectivity index (χ1) is 5.13. The second kappa shape index (κ2) is 4.64. The Kier molecular flexibility index (Phi) is 2.86. The number of hydrogen-bond donors (Lipinski definition) is 2. The fourth-order valence-electron chi connectivity index (χ4n) is 0.296. The molecule has 3 N–H and O–H groups in total. The minimum atomic E-state index is -1.00. The molecule has 0 rings (SSSR count). The summed E-state index contributed by atoms with van der Waals surface area (Å²) in [6.45, 7) is 0. The molecule has 0 aromatic heterocycles. The summed E-state index contributed by atoms with van der Waals surface area (Å²) in [4.78, 5) is 10.6. The Labute approximate surface area is 61.5 Å². The summed E-state index contributed by atoms with van der Waals surface area (Å²) < 4.78 is 13.5. The van der Waals surface area contributed by atoms with Gasteiger partial charge in [-0.15, -0.1) is 0 Å². The molecule has 0 aromatic rings. The van der Waals surface area contributed by atoms with Crippen LogP contribution in [-0.4, -0.2) is 29.1 Å². The highest BCUT2D eigenvalue weighted by Gasteiger charge is 2.08. The summed E-state index contributed by atoms with van der Waals surface area (Å²) in [6, 6.07) is -1.00. The smallest absolute Gasteiger partial charge is 0.320 e. The zero-order valence-corrected chi connectivity index (χ0v) is 5.98. The number of nitrogens with two attached hydrogens (primary N) is 1. The van der Waals surface area contributed by atoms with Crippen molar-refractivity contribution in [2.24, 2.45) is 5.73 Å². The molecule has 0 aromatic carbocycles. The van der Waals surface area contributed by atoms with Crippen molar-refractivity contribution >= 4 is 17.7 Å². The summed E-state index contributed by atoms with van der Waals surface area (Å²) >= 11 is 1.43. The number of aliphatic carboxylic acids is 1. The van der Waals surface area contributed by atoms with Gasteiger partial charge in [0.25, 0.3) is 1.43 Å². The van der Waals surface area contributed by atoms with Gasteiger partial charge in [-0.25, -0.2) is 0 Å². The van der Waals surface area contributed by atoms with Crippen LogP contribution in [0.25, 0.3) is 1.43 Å². The first-order valence-electron chi connectivity index (χ1n) is 3.45. The lowest BCUT2D eigenvalue weighted by Gasteiger charge is -2.02. The van der Waals surface area contributed by atoms with Gasteiger partial charge in [0.15, 0.2) is 0 Å². The maximum Gasteiger partial charge on any atom is 0.320 e. The maximum atomic E-state index is 10.6. The molecule has 0 amide bonds. The molecule has 9 heavy (non-hydrogen) atoms. The fraction of sp³-hybridized carbons (Fsp3) is 0.800. The molecule has 2 atom stereocenters. The number of rotatable bonds is 4. The Balaban J connectivity index is 3.80. The lowest BCUT2D eigenvalue weighted by Crippen LogP contribution is -2.30. The summed E-state index contributed by atoms with van der Waals surface area (Å²) in [5.74, 6) is -0.380. The fourth-order valence-corrected chi connectivity index (χ4v) is 0.696. The van der Waals surface area contributed by atoms with E-state index in [0.29, 0.717) is 5.75 Å². The van der Waals surface area contributed by atoms with Gasteiger partial charge in [-0.05, 0) is 18.4 Å². The van der Waals surface area contributed by atoms with Gasteiger partial charge in [-0.2, -0.15) is 11.8 Å². The topological polar surface area (TPSA) is 63.3 Å². The number of thioether (sulfide) groups is 1. The molecule has 0 fully saturated rings. The molecule has 0 bridgehead atoms. The van der Waals surface area contributed by atoms with Crippen LogP contribution in [0.2, 0.25) is 0 Å². The molecule has 4 heteroatoms. The maximum absolute atomic E-state index is 10.6. The number of carboxylic acid groups (broad SMARTS) is 1. The van der Waals surface area contributed by atoms with Gasteiger partial charge in [0.05, 0.1) is 0 Å². The highest BCUT2D eigenvalue weighted by molar-refractivity contribution is 7.98. The van der Waals surface area contributed by atoms with Crippen molar-refractivity contribution in [2.75, 3.05) is 12.0 Å². The van der Waals surface area contributed by atoms with Crippen LogP contribution in [0.1, 0.15) is 7.77 Å². The largest absolute Gasteiger partial charge is 0.480 e. The summed E-state index contributed by atoms with van der Waals surface area (Å²) in [6.07, 6.45) is 1.13. The Morgan fingerprint density at radius 3 is 3.33 bits per heavy atom. The quantitative estimate of drug-likeness (QED) is 0.600. The van der Waals surface area contributed by atoms with E-state index in [1.54, 1.807) is 0 Å². The predicted octanol–water partition coefficient (Wildman–Crippen LogP) is 0.151. The van der Waals surface area contributed by atoms with Crippen LogP contribution in [0.3, 0.4) is 0 Å². The molecule has 0 saturated carbocycles. The first-order valence-corrected chi connectivity index (χ1v) is 3.86. The van der Waals surface area contributed by atoms with Crippen LogP contribution >= 0.6 is 11.8 Å². The SMILES string of the molecule is [2H]OC(=O)[C@@H](N)C([2H])CSC. The molecule has 54 valence electrons. The number of hydrogen-bond acceptors (Lipinski definition) is 4. The molecule has 0 saturated heterocycles. The second-order valence-corrected chi connectivity index (χ2v) is 2.45. The van der Waals surface area contributed by atoms with E-state index in [0.717, 1.165) is 0 Å². The lowest BCUT2D eigenvalue weighted by molar-refractivity contribution is -0.138. The predicted molar refractivity (Wildman–Crippen MR) is 38.6 cm³/mol. The molecular formula is C5H11NO2S. The zero-order valence-electron chi connectivity index (χ0n) is 7.16. The minimum absolute atomic E-state index is 0.469. The Hall–Kier alpha value is -0.220. The second-order valence-electron chi connectivity index (χ2n) is 1.54. The van der Waals surface area contributed by atoms with Crippen LogP contribution < -0.4 is 5.73 Å². The third kappa shape index (κ3) is 4.29. The van der Waals surface area contributed by atoms with Crippen LogP contribution in [0, 0.1) is 0 Å². The molecule has 1 unspecified atom stereocenters. The first kappa shape index (κ1) is 5.56. The van der Waals surface area contributed by atoms with Crippen molar-refractivity contribution in [3.63, 3.8) is 0 Å². The average molecular weight is 151 g/mol. The molecule has 0 heterocycles. The molecule has 0 radical (unpaired) electrons. The van der Waals surface area contributed by atoms with Crippen LogP contribution in [0.5, 0.6) is 0 Å².